The average molecular weight is 760 g/mol. The highest BCUT2D eigenvalue weighted by atomic mass is 32.2. The van der Waals surface area contributed by atoms with Gasteiger partial charge in [-0.25, -0.2) is 13.7 Å². The highest BCUT2D eigenvalue weighted by Crippen LogP contribution is 2.35. The van der Waals surface area contributed by atoms with Crippen molar-refractivity contribution in [3.05, 3.63) is 144 Å². The lowest BCUT2D eigenvalue weighted by atomic mass is 9.84. The third kappa shape index (κ3) is 11.4. The topological polar surface area (TPSA) is 122 Å². The van der Waals surface area contributed by atoms with E-state index in [4.69, 9.17) is 28.4 Å². The normalized spacial score (nSPS) is 22.5. The van der Waals surface area contributed by atoms with Crippen LogP contribution in [-0.4, -0.2) is 75.9 Å². The van der Waals surface area contributed by atoms with Gasteiger partial charge in [-0.15, -0.1) is 0 Å². The summed E-state index contributed by atoms with van der Waals surface area (Å²) in [6, 6.07) is 37.7. The van der Waals surface area contributed by atoms with Crippen molar-refractivity contribution < 1.29 is 42.5 Å². The largest absolute Gasteiger partial charge is 0.467 e. The predicted molar refractivity (Wildman–Crippen MR) is 207 cm³/mol. The van der Waals surface area contributed by atoms with Crippen LogP contribution in [0.5, 0.6) is 0 Å². The molecule has 0 radical (unpaired) electrons. The van der Waals surface area contributed by atoms with Gasteiger partial charge in [-0.05, 0) is 49.9 Å². The van der Waals surface area contributed by atoms with E-state index in [1.54, 1.807) is 20.8 Å². The summed E-state index contributed by atoms with van der Waals surface area (Å²) in [5.41, 5.74) is 1.50. The Morgan fingerprint density at radius 3 is 1.52 bits per heavy atom. The molecular weight excluding hydrogens is 707 g/mol. The third-order valence-electron chi connectivity index (χ3n) is 9.24. The summed E-state index contributed by atoms with van der Waals surface area (Å²) in [4.78, 5) is 13.4. The fourth-order valence-electron chi connectivity index (χ4n) is 6.22. The molecule has 0 aliphatic carbocycles. The van der Waals surface area contributed by atoms with Gasteiger partial charge in [-0.1, -0.05) is 121 Å². The molecule has 5 rings (SSSR count). The number of aliphatic hydroxyl groups is 1. The summed E-state index contributed by atoms with van der Waals surface area (Å²) < 4.78 is 54.8. The van der Waals surface area contributed by atoms with Crippen molar-refractivity contribution in [2.24, 2.45) is 0 Å². The molecule has 1 fully saturated rings. The van der Waals surface area contributed by atoms with Crippen LogP contribution in [0.1, 0.15) is 49.9 Å². The molecule has 10 nitrogen and oxygen atoms in total. The SMILES string of the molecule is COC(=O)[C@](C)(O)[C@H](N[S@@](=O)C(C)(C)C)[C@@H]1O[C@H](COCc2ccccc2)[C@@H](OCc2ccccc2)[C@H](OCc2ccccc2)[C@H]1OCc1ccccc1. The van der Waals surface area contributed by atoms with Gasteiger partial charge in [0.2, 0.25) is 0 Å². The number of ether oxygens (including phenoxy) is 6. The lowest BCUT2D eigenvalue weighted by Gasteiger charge is -2.50. The van der Waals surface area contributed by atoms with Crippen molar-refractivity contribution in [1.82, 2.24) is 4.72 Å². The van der Waals surface area contributed by atoms with Crippen molar-refractivity contribution in [2.75, 3.05) is 13.7 Å². The molecule has 1 aliphatic heterocycles. The minimum absolute atomic E-state index is 0.0664. The van der Waals surface area contributed by atoms with E-state index in [9.17, 15) is 14.1 Å². The second kappa shape index (κ2) is 19.7. The van der Waals surface area contributed by atoms with Gasteiger partial charge in [0.15, 0.2) is 5.60 Å². The van der Waals surface area contributed by atoms with Gasteiger partial charge in [0.05, 0.1) is 61.9 Å². The number of esters is 1. The Morgan fingerprint density at radius 2 is 1.09 bits per heavy atom. The maximum absolute atomic E-state index is 13.8. The molecule has 1 saturated heterocycles. The molecule has 4 aromatic rings. The van der Waals surface area contributed by atoms with E-state index < -0.39 is 63.9 Å². The van der Waals surface area contributed by atoms with Crippen molar-refractivity contribution in [1.29, 1.82) is 0 Å². The number of hydrogen-bond acceptors (Lipinski definition) is 9. The minimum Gasteiger partial charge on any atom is -0.467 e. The monoisotopic (exact) mass is 759 g/mol. The number of carbonyl (C=O) groups is 1. The first-order valence-corrected chi connectivity index (χ1v) is 19.3. The maximum Gasteiger partial charge on any atom is 0.339 e. The minimum atomic E-state index is -2.23. The second-order valence-corrected chi connectivity index (χ2v) is 16.5. The zero-order valence-electron chi connectivity index (χ0n) is 31.7. The van der Waals surface area contributed by atoms with E-state index in [1.807, 2.05) is 121 Å². The number of hydrogen-bond donors (Lipinski definition) is 2. The fraction of sp³-hybridized carbons (Fsp3) is 0.419. The molecule has 0 saturated carbocycles. The molecule has 2 N–H and O–H groups in total. The van der Waals surface area contributed by atoms with Crippen LogP contribution in [0.4, 0.5) is 0 Å². The van der Waals surface area contributed by atoms with Crippen LogP contribution in [-0.2, 0) is 70.6 Å². The number of carbonyl (C=O) groups excluding carboxylic acids is 1. The number of rotatable bonds is 18. The van der Waals surface area contributed by atoms with Crippen molar-refractivity contribution in [3.63, 3.8) is 0 Å². The van der Waals surface area contributed by atoms with Crippen LogP contribution >= 0.6 is 0 Å². The van der Waals surface area contributed by atoms with Gasteiger partial charge in [0.1, 0.15) is 30.5 Å². The molecule has 0 bridgehead atoms. The van der Waals surface area contributed by atoms with Crippen LogP contribution in [0.25, 0.3) is 0 Å². The van der Waals surface area contributed by atoms with Gasteiger partial charge < -0.3 is 33.5 Å². The van der Waals surface area contributed by atoms with Gasteiger partial charge in [0, 0.05) is 0 Å². The number of benzene rings is 4. The van der Waals surface area contributed by atoms with Crippen LogP contribution in [0.2, 0.25) is 0 Å². The molecule has 11 heteroatoms. The number of nitrogens with one attached hydrogen (secondary N) is 1. The van der Waals surface area contributed by atoms with Gasteiger partial charge in [0.25, 0.3) is 0 Å². The average Bonchev–Trinajstić information content (AvgIpc) is 3.18. The highest BCUT2D eigenvalue weighted by Gasteiger charge is 2.57. The molecule has 0 aromatic heterocycles. The lowest BCUT2D eigenvalue weighted by molar-refractivity contribution is -0.283. The Kier molecular flexibility index (Phi) is 15.1. The highest BCUT2D eigenvalue weighted by molar-refractivity contribution is 7.84. The van der Waals surface area contributed by atoms with Crippen molar-refractivity contribution >= 4 is 17.0 Å². The molecule has 8 atom stereocenters. The van der Waals surface area contributed by atoms with Crippen molar-refractivity contribution in [3.8, 4) is 0 Å². The van der Waals surface area contributed by atoms with E-state index in [1.165, 1.54) is 14.0 Å². The molecule has 0 unspecified atom stereocenters. The first kappa shape index (κ1) is 41.4. The number of methoxy groups -OCH3 is 1. The second-order valence-electron chi connectivity index (χ2n) is 14.5. The molecule has 1 heterocycles. The first-order chi connectivity index (χ1) is 26.0. The molecule has 0 spiro atoms. The van der Waals surface area contributed by atoms with Gasteiger partial charge in [-0.2, -0.15) is 0 Å². The van der Waals surface area contributed by atoms with Gasteiger partial charge in [-0.3, -0.25) is 0 Å². The molecule has 1 aliphatic rings. The Balaban J connectivity index is 1.60. The molecule has 0 amide bonds. The van der Waals surface area contributed by atoms with E-state index in [0.717, 1.165) is 22.3 Å². The van der Waals surface area contributed by atoms with E-state index >= 15 is 0 Å². The van der Waals surface area contributed by atoms with Crippen LogP contribution < -0.4 is 4.72 Å². The summed E-state index contributed by atoms with van der Waals surface area (Å²) in [6.07, 6.45) is -4.47. The summed E-state index contributed by atoms with van der Waals surface area (Å²) in [7, 11) is -0.575. The molecule has 4 aromatic carbocycles. The predicted octanol–water partition coefficient (Wildman–Crippen LogP) is 6.07. The van der Waals surface area contributed by atoms with Gasteiger partial charge >= 0.3 is 5.97 Å². The zero-order valence-corrected chi connectivity index (χ0v) is 32.5. The molecular formula is C43H53NO9S. The summed E-state index contributed by atoms with van der Waals surface area (Å²) in [5.74, 6) is -0.933. The smallest absolute Gasteiger partial charge is 0.339 e. The Labute approximate surface area is 321 Å². The fourth-order valence-corrected chi connectivity index (χ4v) is 7.17. The van der Waals surface area contributed by atoms with Crippen LogP contribution in [0.3, 0.4) is 0 Å². The van der Waals surface area contributed by atoms with E-state index in [-0.39, 0.29) is 26.4 Å². The maximum atomic E-state index is 13.8. The Morgan fingerprint density at radius 1 is 0.685 bits per heavy atom. The van der Waals surface area contributed by atoms with Crippen molar-refractivity contribution in [2.45, 2.75) is 101 Å². The zero-order chi connectivity index (χ0) is 38.6. The molecule has 54 heavy (non-hydrogen) atoms. The summed E-state index contributed by atoms with van der Waals surface area (Å²) in [6.45, 7) is 7.67. The Bertz CT molecular complexity index is 1720. The van der Waals surface area contributed by atoms with Crippen LogP contribution in [0, 0.1) is 0 Å². The molecule has 290 valence electrons. The Hall–Kier alpha value is -3.78. The quantitative estimate of drug-likeness (QED) is 0.117. The van der Waals surface area contributed by atoms with E-state index in [2.05, 4.69) is 4.72 Å². The lowest BCUT2D eigenvalue weighted by Crippen LogP contribution is -2.71. The standard InChI is InChI=1S/C43H53NO9S/c1-42(2,3)54(47)44-40(43(4,46)41(45)48-5)39-38(52-29-34-24-16-9-17-25-34)37(51-28-33-22-14-8-15-23-33)36(50-27-32-20-12-7-13-21-32)35(53-39)30-49-26-31-18-10-6-11-19-31/h6-25,35-40,44,46H,26-30H2,1-5H3/t35-,36-,37+,38-,39-,40-,43-,54+/m1/s1. The summed E-state index contributed by atoms with van der Waals surface area (Å²) >= 11 is 0. The van der Waals surface area contributed by atoms with E-state index in [0.29, 0.717) is 6.61 Å². The van der Waals surface area contributed by atoms with Crippen LogP contribution in [0.15, 0.2) is 121 Å². The summed E-state index contributed by atoms with van der Waals surface area (Å²) in [5, 5.41) is 12.0. The third-order valence-corrected chi connectivity index (χ3v) is 10.8. The first-order valence-electron chi connectivity index (χ1n) is 18.2.